The van der Waals surface area contributed by atoms with Crippen molar-refractivity contribution in [2.75, 3.05) is 0 Å². The molecule has 22 heavy (non-hydrogen) atoms. The van der Waals surface area contributed by atoms with E-state index in [-0.39, 0.29) is 12.0 Å². The Morgan fingerprint density at radius 1 is 1.09 bits per heavy atom. The summed E-state index contributed by atoms with van der Waals surface area (Å²) in [6.45, 7) is 15.1. The van der Waals surface area contributed by atoms with Crippen molar-refractivity contribution in [3.05, 3.63) is 22.8 Å². The van der Waals surface area contributed by atoms with E-state index >= 15 is 0 Å². The monoisotopic (exact) mass is 305 g/mol. The van der Waals surface area contributed by atoms with Crippen molar-refractivity contribution in [2.24, 2.45) is 0 Å². The van der Waals surface area contributed by atoms with E-state index in [1.54, 1.807) is 4.90 Å². The Balaban J connectivity index is 2.29. The second kappa shape index (κ2) is 5.86. The fourth-order valence-corrected chi connectivity index (χ4v) is 2.49. The fraction of sp³-hybridized carbons (Fsp3) is 0.706. The minimum Gasteiger partial charge on any atom is -0.444 e. The molecule has 0 saturated carbocycles. The van der Waals surface area contributed by atoms with Crippen molar-refractivity contribution in [2.45, 2.75) is 79.0 Å². The third-order valence-corrected chi connectivity index (χ3v) is 3.55. The van der Waals surface area contributed by atoms with Crippen molar-refractivity contribution < 1.29 is 9.53 Å². The smallest absolute Gasteiger partial charge is 0.410 e. The molecule has 0 fully saturated rings. The van der Waals surface area contributed by atoms with Crippen LogP contribution >= 0.6 is 0 Å². The molecule has 0 aliphatic carbocycles. The molecule has 0 bridgehead atoms. The number of amides is 1. The topological polar surface area (TPSA) is 55.3 Å². The van der Waals surface area contributed by atoms with Gasteiger partial charge in [0.2, 0.25) is 0 Å². The predicted octanol–water partition coefficient (Wildman–Crippen LogP) is 3.97. The molecule has 5 heteroatoms. The molecular weight excluding hydrogens is 278 g/mol. The third kappa shape index (κ3) is 3.57. The van der Waals surface area contributed by atoms with E-state index in [2.05, 4.69) is 32.7 Å². The Bertz CT molecular complexity index is 574. The molecule has 0 saturated heterocycles. The van der Waals surface area contributed by atoms with Gasteiger partial charge < -0.3 is 4.74 Å². The molecule has 0 aromatic carbocycles. The van der Waals surface area contributed by atoms with Gasteiger partial charge in [-0.15, -0.1) is 0 Å². The maximum absolute atomic E-state index is 12.3. The molecule has 0 spiro atoms. The number of hydrogen-bond donors (Lipinski definition) is 0. The maximum Gasteiger partial charge on any atom is 0.410 e. The summed E-state index contributed by atoms with van der Waals surface area (Å²) in [4.78, 5) is 23.4. The molecule has 122 valence electrons. The average Bonchev–Trinajstić information content (AvgIpc) is 2.78. The van der Waals surface area contributed by atoms with E-state index in [9.17, 15) is 4.79 Å². The van der Waals surface area contributed by atoms with Crippen LogP contribution in [0.2, 0.25) is 0 Å². The van der Waals surface area contributed by atoms with Crippen molar-refractivity contribution in [3.63, 3.8) is 0 Å². The number of aromatic nitrogens is 2. The van der Waals surface area contributed by atoms with E-state index in [1.165, 1.54) is 0 Å². The summed E-state index contributed by atoms with van der Waals surface area (Å²) >= 11 is 0. The average molecular weight is 305 g/mol. The molecule has 5 nitrogen and oxygen atoms in total. The van der Waals surface area contributed by atoms with E-state index < -0.39 is 5.60 Å². The number of carbonyl (C=O) groups excluding carboxylic acids is 1. The van der Waals surface area contributed by atoms with Gasteiger partial charge in [-0.3, -0.25) is 4.90 Å². The molecule has 0 atom stereocenters. The molecule has 1 aromatic rings. The van der Waals surface area contributed by atoms with Crippen LogP contribution in [0, 0.1) is 0 Å². The quantitative estimate of drug-likeness (QED) is 0.829. The lowest BCUT2D eigenvalue weighted by Crippen LogP contribution is -2.33. The molecule has 2 rings (SSSR count). The summed E-state index contributed by atoms with van der Waals surface area (Å²) in [6, 6.07) is 0. The first-order chi connectivity index (χ1) is 10.1. The summed E-state index contributed by atoms with van der Waals surface area (Å²) in [6.07, 6.45) is -0.286. The molecule has 1 amide bonds. The van der Waals surface area contributed by atoms with Gasteiger partial charge in [0, 0.05) is 11.5 Å². The Morgan fingerprint density at radius 2 is 1.73 bits per heavy atom. The van der Waals surface area contributed by atoms with Crippen LogP contribution in [0.25, 0.3) is 0 Å². The minimum absolute atomic E-state index is 0.276. The SMILES string of the molecule is CC(C)c1nc2c(c(C(C)C)n1)CN(C(=O)OC(C)(C)C)C2. The summed E-state index contributed by atoms with van der Waals surface area (Å²) in [5.74, 6) is 1.44. The highest BCUT2D eigenvalue weighted by Gasteiger charge is 2.32. The van der Waals surface area contributed by atoms with E-state index in [0.29, 0.717) is 19.0 Å². The fourth-order valence-electron chi connectivity index (χ4n) is 2.49. The van der Waals surface area contributed by atoms with Gasteiger partial charge in [-0.25, -0.2) is 14.8 Å². The number of carbonyl (C=O) groups is 1. The minimum atomic E-state index is -0.485. The number of rotatable bonds is 2. The van der Waals surface area contributed by atoms with Crippen LogP contribution in [0.3, 0.4) is 0 Å². The Morgan fingerprint density at radius 3 is 2.23 bits per heavy atom. The second-order valence-electron chi connectivity index (χ2n) is 7.54. The van der Waals surface area contributed by atoms with E-state index in [4.69, 9.17) is 9.72 Å². The first-order valence-corrected chi connectivity index (χ1v) is 7.96. The van der Waals surface area contributed by atoms with Crippen LogP contribution in [0.15, 0.2) is 0 Å². The van der Waals surface area contributed by atoms with Gasteiger partial charge >= 0.3 is 6.09 Å². The molecule has 2 heterocycles. The van der Waals surface area contributed by atoms with Gasteiger partial charge in [-0.2, -0.15) is 0 Å². The lowest BCUT2D eigenvalue weighted by molar-refractivity contribution is 0.0240. The Labute approximate surface area is 133 Å². The van der Waals surface area contributed by atoms with Crippen LogP contribution in [0.4, 0.5) is 4.79 Å². The van der Waals surface area contributed by atoms with Gasteiger partial charge in [0.1, 0.15) is 11.4 Å². The van der Waals surface area contributed by atoms with Gasteiger partial charge in [-0.05, 0) is 26.7 Å². The highest BCUT2D eigenvalue weighted by atomic mass is 16.6. The number of fused-ring (bicyclic) bond motifs is 1. The summed E-state index contributed by atoms with van der Waals surface area (Å²) in [5.41, 5.74) is 2.62. The Kier molecular flexibility index (Phi) is 4.45. The third-order valence-electron chi connectivity index (χ3n) is 3.55. The van der Waals surface area contributed by atoms with Crippen LogP contribution in [-0.2, 0) is 17.8 Å². The Hall–Kier alpha value is -1.65. The summed E-state index contributed by atoms with van der Waals surface area (Å²) in [5, 5.41) is 0. The highest BCUT2D eigenvalue weighted by Crippen LogP contribution is 2.30. The molecule has 0 radical (unpaired) electrons. The largest absolute Gasteiger partial charge is 0.444 e. The van der Waals surface area contributed by atoms with Crippen LogP contribution < -0.4 is 0 Å². The standard InChI is InChI=1S/C17H27N3O2/c1-10(2)14-12-8-20(16(21)22-17(5,6)7)9-13(12)18-15(19-14)11(3)4/h10-11H,8-9H2,1-7H3. The normalized spacial score (nSPS) is 14.7. The van der Waals surface area contributed by atoms with Gasteiger partial charge in [-0.1, -0.05) is 27.7 Å². The zero-order valence-electron chi connectivity index (χ0n) is 14.7. The predicted molar refractivity (Wildman–Crippen MR) is 85.7 cm³/mol. The zero-order chi connectivity index (χ0) is 16.7. The first-order valence-electron chi connectivity index (χ1n) is 7.96. The van der Waals surface area contributed by atoms with Crippen molar-refractivity contribution in [1.29, 1.82) is 0 Å². The lowest BCUT2D eigenvalue weighted by Gasteiger charge is -2.24. The molecular formula is C17H27N3O2. The second-order valence-corrected chi connectivity index (χ2v) is 7.54. The van der Waals surface area contributed by atoms with Crippen LogP contribution in [0.5, 0.6) is 0 Å². The van der Waals surface area contributed by atoms with Crippen molar-refractivity contribution in [3.8, 4) is 0 Å². The molecule has 0 N–H and O–H groups in total. The number of nitrogens with zero attached hydrogens (tertiary/aromatic N) is 3. The zero-order valence-corrected chi connectivity index (χ0v) is 14.7. The van der Waals surface area contributed by atoms with Gasteiger partial charge in [0.05, 0.1) is 24.5 Å². The van der Waals surface area contributed by atoms with Crippen LogP contribution in [-0.4, -0.2) is 26.6 Å². The lowest BCUT2D eigenvalue weighted by atomic mass is 10.0. The van der Waals surface area contributed by atoms with Gasteiger partial charge in [0.15, 0.2) is 0 Å². The van der Waals surface area contributed by atoms with E-state index in [0.717, 1.165) is 22.8 Å². The molecule has 0 unspecified atom stereocenters. The van der Waals surface area contributed by atoms with Crippen LogP contribution in [0.1, 0.15) is 83.1 Å². The van der Waals surface area contributed by atoms with Crippen molar-refractivity contribution in [1.82, 2.24) is 14.9 Å². The van der Waals surface area contributed by atoms with Crippen molar-refractivity contribution >= 4 is 6.09 Å². The molecule has 1 aliphatic heterocycles. The maximum atomic E-state index is 12.3. The molecule has 1 aromatic heterocycles. The summed E-state index contributed by atoms with van der Waals surface area (Å²) < 4.78 is 5.47. The highest BCUT2D eigenvalue weighted by molar-refractivity contribution is 5.69. The molecule has 1 aliphatic rings. The van der Waals surface area contributed by atoms with E-state index in [1.807, 2.05) is 20.8 Å². The van der Waals surface area contributed by atoms with Gasteiger partial charge in [0.25, 0.3) is 0 Å². The first kappa shape index (κ1) is 16.7. The summed E-state index contributed by atoms with van der Waals surface area (Å²) in [7, 11) is 0. The number of hydrogen-bond acceptors (Lipinski definition) is 4. The number of ether oxygens (including phenoxy) is 1.